The summed E-state index contributed by atoms with van der Waals surface area (Å²) in [6.45, 7) is 2.55. The van der Waals surface area contributed by atoms with E-state index in [0.29, 0.717) is 25.9 Å². The molecule has 0 atom stereocenters. The Hall–Kier alpha value is -2.90. The molecule has 27 heavy (non-hydrogen) atoms. The van der Waals surface area contributed by atoms with Crippen molar-refractivity contribution in [3.8, 4) is 0 Å². The van der Waals surface area contributed by atoms with Crippen LogP contribution in [0.2, 0.25) is 0 Å². The molecule has 0 bridgehead atoms. The zero-order valence-electron chi connectivity index (χ0n) is 15.2. The van der Waals surface area contributed by atoms with E-state index in [-0.39, 0.29) is 23.9 Å². The van der Waals surface area contributed by atoms with Gasteiger partial charge in [-0.2, -0.15) is 5.10 Å². The van der Waals surface area contributed by atoms with Gasteiger partial charge in [0.05, 0.1) is 0 Å². The van der Waals surface area contributed by atoms with Crippen LogP contribution in [0.5, 0.6) is 0 Å². The molecule has 0 N–H and O–H groups in total. The molecule has 0 spiro atoms. The summed E-state index contributed by atoms with van der Waals surface area (Å²) in [5.41, 5.74) is -0.911. The van der Waals surface area contributed by atoms with Gasteiger partial charge in [-0.25, -0.2) is 0 Å². The maximum Gasteiger partial charge on any atom is 0.250 e. The normalized spacial score (nSPS) is 18.8. The second kappa shape index (κ2) is 7.02. The summed E-state index contributed by atoms with van der Waals surface area (Å²) in [6.07, 6.45) is 7.23. The predicted octanol–water partition coefficient (Wildman–Crippen LogP) is 0.295. The van der Waals surface area contributed by atoms with Crippen LogP contribution in [-0.2, 0) is 21.7 Å². The molecule has 0 aromatic carbocycles. The smallest absolute Gasteiger partial charge is 0.250 e. The third kappa shape index (κ3) is 3.15. The van der Waals surface area contributed by atoms with Crippen LogP contribution in [0.3, 0.4) is 0 Å². The van der Waals surface area contributed by atoms with Crippen LogP contribution in [-0.4, -0.2) is 62.1 Å². The lowest BCUT2D eigenvalue weighted by Gasteiger charge is -2.45. The van der Waals surface area contributed by atoms with Crippen LogP contribution in [0.15, 0.2) is 47.7 Å². The topological polar surface area (TPSA) is 80.4 Å². The van der Waals surface area contributed by atoms with Gasteiger partial charge in [0.1, 0.15) is 12.1 Å². The van der Waals surface area contributed by atoms with E-state index < -0.39 is 5.54 Å². The molecule has 4 heterocycles. The highest BCUT2D eigenvalue weighted by Crippen LogP contribution is 2.33. The van der Waals surface area contributed by atoms with E-state index in [1.807, 2.05) is 17.2 Å². The van der Waals surface area contributed by atoms with Gasteiger partial charge >= 0.3 is 0 Å². The van der Waals surface area contributed by atoms with Gasteiger partial charge in [-0.1, -0.05) is 6.07 Å². The van der Waals surface area contributed by atoms with Crippen LogP contribution in [0.4, 0.5) is 0 Å². The highest BCUT2D eigenvalue weighted by Gasteiger charge is 2.47. The van der Waals surface area contributed by atoms with Crippen molar-refractivity contribution in [3.05, 3.63) is 53.2 Å². The molecule has 2 amide bonds. The predicted molar refractivity (Wildman–Crippen MR) is 97.9 cm³/mol. The molecule has 142 valence electrons. The molecular weight excluding hydrogens is 346 g/mol. The molecule has 2 saturated heterocycles. The number of rotatable bonds is 4. The molecule has 0 unspecified atom stereocenters. The maximum atomic E-state index is 13.1. The molecule has 0 saturated carbocycles. The largest absolute Gasteiger partial charge is 0.341 e. The van der Waals surface area contributed by atoms with Crippen molar-refractivity contribution in [2.75, 3.05) is 26.2 Å². The number of nitrogens with zero attached hydrogens (tertiary/aromatic N) is 5. The Morgan fingerprint density at radius 1 is 1.00 bits per heavy atom. The number of carbonyl (C=O) groups is 2. The van der Waals surface area contributed by atoms with Gasteiger partial charge in [-0.05, 0) is 31.4 Å². The summed E-state index contributed by atoms with van der Waals surface area (Å²) in [5.74, 6) is -0.00223. The summed E-state index contributed by atoms with van der Waals surface area (Å²) < 4.78 is 3.17. The number of amides is 2. The number of likely N-dealkylation sites (tertiary alicyclic amines) is 2. The summed E-state index contributed by atoms with van der Waals surface area (Å²) in [7, 11) is 0. The number of aromatic nitrogens is 3. The molecular formula is C19H23N5O3. The van der Waals surface area contributed by atoms with Gasteiger partial charge in [0, 0.05) is 50.8 Å². The monoisotopic (exact) mass is 369 g/mol. The van der Waals surface area contributed by atoms with E-state index in [4.69, 9.17) is 0 Å². The fourth-order valence-electron chi connectivity index (χ4n) is 3.84. The number of carbonyl (C=O) groups excluding carboxylic acids is 2. The first-order valence-electron chi connectivity index (χ1n) is 9.33. The molecule has 2 aliphatic heterocycles. The van der Waals surface area contributed by atoms with Gasteiger partial charge < -0.3 is 14.4 Å². The molecule has 2 aromatic rings. The highest BCUT2D eigenvalue weighted by atomic mass is 16.2. The molecule has 2 fully saturated rings. The minimum atomic E-state index is -0.718. The molecule has 0 radical (unpaired) electrons. The van der Waals surface area contributed by atoms with Gasteiger partial charge in [0.15, 0.2) is 0 Å². The number of piperidine rings is 1. The first-order valence-corrected chi connectivity index (χ1v) is 9.33. The average Bonchev–Trinajstić information content (AvgIpc) is 3.17. The maximum absolute atomic E-state index is 13.1. The Morgan fingerprint density at radius 2 is 1.78 bits per heavy atom. The lowest BCUT2D eigenvalue weighted by Crippen LogP contribution is -2.59. The molecule has 8 nitrogen and oxygen atoms in total. The zero-order valence-corrected chi connectivity index (χ0v) is 15.2. The molecule has 4 rings (SSSR count). The van der Waals surface area contributed by atoms with E-state index in [1.54, 1.807) is 34.1 Å². The lowest BCUT2D eigenvalue weighted by molar-refractivity contribution is -0.150. The van der Waals surface area contributed by atoms with Crippen molar-refractivity contribution in [2.45, 2.75) is 31.3 Å². The second-order valence-electron chi connectivity index (χ2n) is 7.18. The van der Waals surface area contributed by atoms with Gasteiger partial charge in [0.25, 0.3) is 11.5 Å². The van der Waals surface area contributed by atoms with Crippen LogP contribution in [0.1, 0.15) is 19.3 Å². The Bertz CT molecular complexity index is 877. The quantitative estimate of drug-likeness (QED) is 0.776. The van der Waals surface area contributed by atoms with E-state index in [0.717, 1.165) is 19.5 Å². The van der Waals surface area contributed by atoms with E-state index >= 15 is 0 Å². The van der Waals surface area contributed by atoms with Crippen molar-refractivity contribution in [1.82, 2.24) is 24.1 Å². The minimum absolute atomic E-state index is 0.0223. The van der Waals surface area contributed by atoms with Gasteiger partial charge in [0.2, 0.25) is 5.91 Å². The van der Waals surface area contributed by atoms with E-state index in [1.165, 1.54) is 10.6 Å². The van der Waals surface area contributed by atoms with Crippen molar-refractivity contribution in [1.29, 1.82) is 0 Å². The molecule has 2 aromatic heterocycles. The summed E-state index contributed by atoms with van der Waals surface area (Å²) in [4.78, 5) is 41.2. The fraction of sp³-hybridized carbons (Fsp3) is 0.474. The minimum Gasteiger partial charge on any atom is -0.341 e. The first kappa shape index (κ1) is 17.5. The third-order valence-corrected chi connectivity index (χ3v) is 5.63. The molecule has 2 aliphatic rings. The van der Waals surface area contributed by atoms with Crippen molar-refractivity contribution >= 4 is 11.8 Å². The standard InChI is InChI=1S/C19H23N5O3/c25-16-5-1-2-9-23(16)15-17(26)21-13-6-19(7-14-21,24-12-3-8-20-24)18(27)22-10-4-11-22/h1-3,5,8-9,12H,4,6-7,10-11,13-15H2. The molecule has 0 aliphatic carbocycles. The highest BCUT2D eigenvalue weighted by molar-refractivity contribution is 5.85. The number of hydrogen-bond donors (Lipinski definition) is 0. The Balaban J connectivity index is 1.48. The van der Waals surface area contributed by atoms with Crippen molar-refractivity contribution < 1.29 is 9.59 Å². The van der Waals surface area contributed by atoms with E-state index in [9.17, 15) is 14.4 Å². The zero-order chi connectivity index (χ0) is 18.9. The second-order valence-corrected chi connectivity index (χ2v) is 7.18. The third-order valence-electron chi connectivity index (χ3n) is 5.63. The Kier molecular flexibility index (Phi) is 4.55. The summed E-state index contributed by atoms with van der Waals surface area (Å²) >= 11 is 0. The Morgan fingerprint density at radius 3 is 2.37 bits per heavy atom. The van der Waals surface area contributed by atoms with Crippen LogP contribution in [0.25, 0.3) is 0 Å². The average molecular weight is 369 g/mol. The van der Waals surface area contributed by atoms with Crippen LogP contribution in [0, 0.1) is 0 Å². The van der Waals surface area contributed by atoms with Gasteiger partial charge in [-0.15, -0.1) is 0 Å². The Labute approximate surface area is 157 Å². The molecule has 8 heteroatoms. The summed E-state index contributed by atoms with van der Waals surface area (Å²) in [6, 6.07) is 6.66. The van der Waals surface area contributed by atoms with Crippen molar-refractivity contribution in [2.24, 2.45) is 0 Å². The number of hydrogen-bond acceptors (Lipinski definition) is 4. The van der Waals surface area contributed by atoms with Crippen LogP contribution >= 0.6 is 0 Å². The summed E-state index contributed by atoms with van der Waals surface area (Å²) in [5, 5.41) is 4.34. The lowest BCUT2D eigenvalue weighted by atomic mass is 9.85. The van der Waals surface area contributed by atoms with Crippen LogP contribution < -0.4 is 5.56 Å². The van der Waals surface area contributed by atoms with Gasteiger partial charge in [-0.3, -0.25) is 19.1 Å². The SMILES string of the molecule is O=C(Cn1ccccc1=O)N1CCC(C(=O)N2CCC2)(n2cccn2)CC1. The van der Waals surface area contributed by atoms with E-state index in [2.05, 4.69) is 5.10 Å². The fourth-order valence-corrected chi connectivity index (χ4v) is 3.84. The van der Waals surface area contributed by atoms with Crippen molar-refractivity contribution in [3.63, 3.8) is 0 Å². The first-order chi connectivity index (χ1) is 13.1. The number of pyridine rings is 1.